The molecule has 6 nitrogen and oxygen atoms in total. The first-order valence-electron chi connectivity index (χ1n) is 11.8. The van der Waals surface area contributed by atoms with Crippen LogP contribution < -0.4 is 4.74 Å². The van der Waals surface area contributed by atoms with Gasteiger partial charge in [0.2, 0.25) is 0 Å². The quantitative estimate of drug-likeness (QED) is 0.348. The molecule has 1 fully saturated rings. The molecular formula is C28H29NO5S. The Balaban J connectivity index is 1.52. The molecule has 2 aliphatic rings. The molecule has 4 N–H and O–H groups in total. The lowest BCUT2D eigenvalue weighted by molar-refractivity contribution is 0.191. The van der Waals surface area contributed by atoms with Gasteiger partial charge in [-0.1, -0.05) is 19.1 Å². The lowest BCUT2D eigenvalue weighted by Crippen LogP contribution is -2.48. The van der Waals surface area contributed by atoms with E-state index in [1.54, 1.807) is 36.4 Å². The predicted molar refractivity (Wildman–Crippen MR) is 138 cm³/mol. The van der Waals surface area contributed by atoms with Crippen molar-refractivity contribution >= 4 is 22.9 Å². The lowest BCUT2D eigenvalue weighted by atomic mass is 9.86. The zero-order valence-electron chi connectivity index (χ0n) is 19.7. The Morgan fingerprint density at radius 3 is 2.23 bits per heavy atom. The van der Waals surface area contributed by atoms with Gasteiger partial charge in [0, 0.05) is 41.1 Å². The number of rotatable bonds is 6. The highest BCUT2D eigenvalue weighted by Gasteiger charge is 2.32. The van der Waals surface area contributed by atoms with Gasteiger partial charge in [0.05, 0.1) is 4.90 Å². The van der Waals surface area contributed by atoms with Crippen LogP contribution in [0.3, 0.4) is 0 Å². The number of benzene rings is 3. The van der Waals surface area contributed by atoms with Gasteiger partial charge in [-0.3, -0.25) is 0 Å². The maximum absolute atomic E-state index is 10.9. The molecule has 7 heteroatoms. The summed E-state index contributed by atoms with van der Waals surface area (Å²) in [6.45, 7) is 7.09. The third kappa shape index (κ3) is 4.54. The van der Waals surface area contributed by atoms with E-state index in [0.29, 0.717) is 21.5 Å². The molecule has 1 unspecified atom stereocenters. The van der Waals surface area contributed by atoms with Gasteiger partial charge in [0.15, 0.2) is 0 Å². The van der Waals surface area contributed by atoms with Crippen LogP contribution in [0.4, 0.5) is 0 Å². The van der Waals surface area contributed by atoms with Crippen molar-refractivity contribution in [3.8, 4) is 28.7 Å². The van der Waals surface area contributed by atoms with Crippen molar-refractivity contribution in [3.05, 3.63) is 71.3 Å². The highest BCUT2D eigenvalue weighted by molar-refractivity contribution is 8.00. The fourth-order valence-corrected chi connectivity index (χ4v) is 6.11. The predicted octanol–water partition coefficient (Wildman–Crippen LogP) is 5.76. The highest BCUT2D eigenvalue weighted by Crippen LogP contribution is 2.50. The first-order chi connectivity index (χ1) is 16.8. The molecule has 0 saturated carbocycles. The number of phenolic OH excluding ortho intramolecular Hbond substituents is 4. The summed E-state index contributed by atoms with van der Waals surface area (Å²) in [6, 6.07) is 15.2. The smallest absolute Gasteiger partial charge is 0.150 e. The van der Waals surface area contributed by atoms with Gasteiger partial charge in [0.1, 0.15) is 34.9 Å². The number of phenols is 4. The summed E-state index contributed by atoms with van der Waals surface area (Å²) in [5.74, 6) is 0.825. The van der Waals surface area contributed by atoms with Crippen molar-refractivity contribution < 1.29 is 25.2 Å². The van der Waals surface area contributed by atoms with E-state index in [9.17, 15) is 20.4 Å². The SMILES string of the molecule is CCCN1CC(Sc2c(O)cc(C3Oc4cc(O)ccc4C(C)=C3c3ccc(O)cc3)cc2O)C1. The van der Waals surface area contributed by atoms with Gasteiger partial charge >= 0.3 is 0 Å². The fraction of sp³-hybridized carbons (Fsp3) is 0.286. The first-order valence-corrected chi connectivity index (χ1v) is 12.7. The summed E-state index contributed by atoms with van der Waals surface area (Å²) in [5, 5.41) is 41.9. The molecule has 5 rings (SSSR count). The Bertz CT molecular complexity index is 1260. The summed E-state index contributed by atoms with van der Waals surface area (Å²) < 4.78 is 6.35. The molecule has 0 aliphatic carbocycles. The fourth-order valence-electron chi connectivity index (χ4n) is 4.84. The second-order valence-electron chi connectivity index (χ2n) is 9.15. The van der Waals surface area contributed by atoms with Crippen LogP contribution in [0.15, 0.2) is 59.5 Å². The molecule has 0 radical (unpaired) electrons. The van der Waals surface area contributed by atoms with Gasteiger partial charge in [0.25, 0.3) is 0 Å². The minimum Gasteiger partial charge on any atom is -0.508 e. The minimum absolute atomic E-state index is 0.0203. The Kier molecular flexibility index (Phi) is 6.30. The van der Waals surface area contributed by atoms with Crippen molar-refractivity contribution in [2.45, 2.75) is 36.5 Å². The van der Waals surface area contributed by atoms with Crippen LogP contribution in [0.2, 0.25) is 0 Å². The maximum Gasteiger partial charge on any atom is 0.150 e. The van der Waals surface area contributed by atoms with Gasteiger partial charge < -0.3 is 30.1 Å². The molecule has 3 aromatic rings. The Labute approximate surface area is 209 Å². The zero-order chi connectivity index (χ0) is 24.7. The van der Waals surface area contributed by atoms with Crippen LogP contribution in [0, 0.1) is 0 Å². The second-order valence-corrected chi connectivity index (χ2v) is 10.5. The number of nitrogens with zero attached hydrogens (tertiary/aromatic N) is 1. The summed E-state index contributed by atoms with van der Waals surface area (Å²) in [4.78, 5) is 2.84. The van der Waals surface area contributed by atoms with E-state index in [-0.39, 0.29) is 23.0 Å². The average molecular weight is 492 g/mol. The average Bonchev–Trinajstić information content (AvgIpc) is 2.80. The minimum atomic E-state index is -0.631. The summed E-state index contributed by atoms with van der Waals surface area (Å²) in [6.07, 6.45) is 0.481. The molecule has 0 aromatic heterocycles. The van der Waals surface area contributed by atoms with Crippen molar-refractivity contribution in [1.82, 2.24) is 4.90 Å². The molecule has 0 bridgehead atoms. The molecule has 1 saturated heterocycles. The molecule has 3 aromatic carbocycles. The summed E-state index contributed by atoms with van der Waals surface area (Å²) >= 11 is 1.50. The lowest BCUT2D eigenvalue weighted by Gasteiger charge is -2.38. The number of hydrogen-bond acceptors (Lipinski definition) is 7. The van der Waals surface area contributed by atoms with Crippen LogP contribution in [0.25, 0.3) is 11.1 Å². The van der Waals surface area contributed by atoms with E-state index in [2.05, 4.69) is 11.8 Å². The largest absolute Gasteiger partial charge is 0.508 e. The number of likely N-dealkylation sites (tertiary alicyclic amines) is 1. The van der Waals surface area contributed by atoms with Crippen LogP contribution in [-0.2, 0) is 0 Å². The maximum atomic E-state index is 10.9. The number of fused-ring (bicyclic) bond motifs is 1. The van der Waals surface area contributed by atoms with Crippen molar-refractivity contribution in [2.24, 2.45) is 0 Å². The second kappa shape index (κ2) is 9.40. The Hall–Kier alpha value is -3.29. The number of thioether (sulfide) groups is 1. The third-order valence-corrected chi connectivity index (χ3v) is 7.87. The van der Waals surface area contributed by atoms with E-state index in [1.165, 1.54) is 11.8 Å². The van der Waals surface area contributed by atoms with Crippen LogP contribution in [0.1, 0.15) is 43.1 Å². The third-order valence-electron chi connectivity index (χ3n) is 6.58. The summed E-state index contributed by atoms with van der Waals surface area (Å²) in [5.41, 5.74) is 4.11. The van der Waals surface area contributed by atoms with Gasteiger partial charge in [-0.2, -0.15) is 0 Å². The molecule has 0 spiro atoms. The normalized spacial score (nSPS) is 18.2. The Morgan fingerprint density at radius 2 is 1.57 bits per heavy atom. The zero-order valence-corrected chi connectivity index (χ0v) is 20.5. The van der Waals surface area contributed by atoms with Crippen molar-refractivity contribution in [3.63, 3.8) is 0 Å². The topological polar surface area (TPSA) is 93.4 Å². The van der Waals surface area contributed by atoms with E-state index < -0.39 is 6.10 Å². The monoisotopic (exact) mass is 491 g/mol. The molecule has 0 amide bonds. The Morgan fingerprint density at radius 1 is 0.914 bits per heavy atom. The molecule has 1 atom stereocenters. The molecule has 35 heavy (non-hydrogen) atoms. The standard InChI is InChI=1S/C28H29NO5S/c1-3-10-29-14-21(15-29)35-28-23(32)11-18(12-24(28)33)27-26(17-4-6-19(30)7-5-17)16(2)22-9-8-20(31)13-25(22)34-27/h4-9,11-13,21,27,30-33H,3,10,14-15H2,1-2H3. The summed E-state index contributed by atoms with van der Waals surface area (Å²) in [7, 11) is 0. The van der Waals surface area contributed by atoms with E-state index in [4.69, 9.17) is 4.74 Å². The van der Waals surface area contributed by atoms with Crippen LogP contribution in [-0.4, -0.2) is 50.2 Å². The molecule has 2 heterocycles. The van der Waals surface area contributed by atoms with E-state index in [1.807, 2.05) is 25.1 Å². The van der Waals surface area contributed by atoms with Crippen molar-refractivity contribution in [1.29, 1.82) is 0 Å². The van der Waals surface area contributed by atoms with Crippen LogP contribution in [0.5, 0.6) is 28.7 Å². The van der Waals surface area contributed by atoms with Crippen LogP contribution >= 0.6 is 11.8 Å². The number of aromatic hydroxyl groups is 4. The molecule has 182 valence electrons. The molecular weight excluding hydrogens is 462 g/mol. The number of ether oxygens (including phenoxy) is 1. The van der Waals surface area contributed by atoms with E-state index >= 15 is 0 Å². The van der Waals surface area contributed by atoms with Gasteiger partial charge in [-0.25, -0.2) is 0 Å². The highest BCUT2D eigenvalue weighted by atomic mass is 32.2. The molecule has 2 aliphatic heterocycles. The van der Waals surface area contributed by atoms with E-state index in [0.717, 1.165) is 48.3 Å². The van der Waals surface area contributed by atoms with Gasteiger partial charge in [-0.05, 0) is 67.4 Å². The van der Waals surface area contributed by atoms with Gasteiger partial charge in [-0.15, -0.1) is 11.8 Å². The van der Waals surface area contributed by atoms with Crippen molar-refractivity contribution in [2.75, 3.05) is 19.6 Å². The first kappa shape index (κ1) is 23.5. The number of hydrogen-bond donors (Lipinski definition) is 4. The number of allylic oxidation sites excluding steroid dienone is 1.